The molecule has 0 aromatic heterocycles. The second-order valence-corrected chi connectivity index (χ2v) is 6.68. The third-order valence-electron chi connectivity index (χ3n) is 5.02. The molecule has 0 saturated heterocycles. The van der Waals surface area contributed by atoms with Crippen LogP contribution in [-0.4, -0.2) is 0 Å². The molecule has 0 spiro atoms. The maximum atomic E-state index is 14.9. The van der Waals surface area contributed by atoms with Gasteiger partial charge in [-0.1, -0.05) is 56.9 Å². The normalized spacial score (nSPS) is 17.1. The summed E-state index contributed by atoms with van der Waals surface area (Å²) in [5, 5.41) is 0. The first-order chi connectivity index (χ1) is 11.2. The largest absolute Gasteiger partial charge is 0.207 e. The van der Waals surface area contributed by atoms with Crippen molar-refractivity contribution in [3.8, 4) is 11.1 Å². The van der Waals surface area contributed by atoms with Crippen molar-refractivity contribution in [2.75, 3.05) is 0 Å². The summed E-state index contributed by atoms with van der Waals surface area (Å²) >= 11 is 0. The molecule has 0 nitrogen and oxygen atoms in total. The molecule has 2 aromatic carbocycles. The molecule has 3 rings (SSSR count). The van der Waals surface area contributed by atoms with E-state index in [0.717, 1.165) is 30.4 Å². The topological polar surface area (TPSA) is 0 Å². The van der Waals surface area contributed by atoms with E-state index in [1.807, 2.05) is 6.07 Å². The van der Waals surface area contributed by atoms with Gasteiger partial charge in [0.2, 0.25) is 0 Å². The summed E-state index contributed by atoms with van der Waals surface area (Å²) in [5.74, 6) is 0.299. The van der Waals surface area contributed by atoms with Crippen LogP contribution < -0.4 is 0 Å². The second kappa shape index (κ2) is 7.25. The summed E-state index contributed by atoms with van der Waals surface area (Å²) < 4.78 is 27.9. The monoisotopic (exact) mass is 314 g/mol. The zero-order valence-corrected chi connectivity index (χ0v) is 13.7. The van der Waals surface area contributed by atoms with Crippen molar-refractivity contribution in [1.29, 1.82) is 0 Å². The van der Waals surface area contributed by atoms with E-state index in [9.17, 15) is 8.78 Å². The molecule has 0 amide bonds. The molecule has 0 fully saturated rings. The molecule has 0 radical (unpaired) electrons. The van der Waals surface area contributed by atoms with Crippen molar-refractivity contribution in [2.45, 2.75) is 51.9 Å². The first-order valence-electron chi connectivity index (χ1n) is 8.75. The van der Waals surface area contributed by atoms with Crippen molar-refractivity contribution in [3.63, 3.8) is 0 Å². The number of hydrogen-bond acceptors (Lipinski definition) is 0. The lowest BCUT2D eigenvalue weighted by Gasteiger charge is -2.26. The average Bonchev–Trinajstić information content (AvgIpc) is 2.56. The lowest BCUT2D eigenvalue weighted by atomic mass is 9.80. The third kappa shape index (κ3) is 3.63. The molecule has 1 aliphatic carbocycles. The van der Waals surface area contributed by atoms with Gasteiger partial charge in [0.15, 0.2) is 0 Å². The Morgan fingerprint density at radius 1 is 1.00 bits per heavy atom. The predicted octanol–water partition coefficient (Wildman–Crippen LogP) is 6.32. The highest BCUT2D eigenvalue weighted by Gasteiger charge is 2.22. The van der Waals surface area contributed by atoms with E-state index in [4.69, 9.17) is 0 Å². The first-order valence-corrected chi connectivity index (χ1v) is 8.75. The standard InChI is InChI=1S/C21H24F2/c1-2-3-4-5-15-6-12-20-17(14-15)9-13-19(21(20)23)16-7-10-18(22)11-8-16/h7-11,13,15H,2-6,12,14H2,1H3. The Morgan fingerprint density at radius 2 is 1.78 bits per heavy atom. The van der Waals surface area contributed by atoms with Crippen molar-refractivity contribution < 1.29 is 8.78 Å². The molecule has 0 heterocycles. The molecule has 1 atom stereocenters. The second-order valence-electron chi connectivity index (χ2n) is 6.68. The van der Waals surface area contributed by atoms with Crippen LogP contribution in [0.4, 0.5) is 8.78 Å². The van der Waals surface area contributed by atoms with Gasteiger partial charge in [-0.3, -0.25) is 0 Å². The molecule has 1 unspecified atom stereocenters. The van der Waals surface area contributed by atoms with Gasteiger partial charge in [0.05, 0.1) is 0 Å². The van der Waals surface area contributed by atoms with Gasteiger partial charge in [0.25, 0.3) is 0 Å². The van der Waals surface area contributed by atoms with E-state index < -0.39 is 0 Å². The Hall–Kier alpha value is -1.70. The molecular weight excluding hydrogens is 290 g/mol. The highest BCUT2D eigenvalue weighted by atomic mass is 19.1. The highest BCUT2D eigenvalue weighted by Crippen LogP contribution is 2.34. The minimum Gasteiger partial charge on any atom is -0.207 e. The summed E-state index contributed by atoms with van der Waals surface area (Å²) in [4.78, 5) is 0. The lowest BCUT2D eigenvalue weighted by molar-refractivity contribution is 0.402. The van der Waals surface area contributed by atoms with Gasteiger partial charge < -0.3 is 0 Å². The maximum absolute atomic E-state index is 14.9. The number of hydrogen-bond donors (Lipinski definition) is 0. The lowest BCUT2D eigenvalue weighted by Crippen LogP contribution is -2.16. The van der Waals surface area contributed by atoms with Crippen molar-refractivity contribution in [1.82, 2.24) is 0 Å². The molecule has 0 aliphatic heterocycles. The summed E-state index contributed by atoms with van der Waals surface area (Å²) in [6.07, 6.45) is 7.99. The van der Waals surface area contributed by atoms with E-state index in [1.165, 1.54) is 43.4 Å². The Labute approximate surface area is 137 Å². The van der Waals surface area contributed by atoms with Crippen LogP contribution in [0.5, 0.6) is 0 Å². The van der Waals surface area contributed by atoms with Gasteiger partial charge in [-0.2, -0.15) is 0 Å². The molecule has 0 N–H and O–H groups in total. The van der Waals surface area contributed by atoms with Gasteiger partial charge in [0.1, 0.15) is 11.6 Å². The Kier molecular flexibility index (Phi) is 5.09. The van der Waals surface area contributed by atoms with Gasteiger partial charge in [-0.25, -0.2) is 8.78 Å². The summed E-state index contributed by atoms with van der Waals surface area (Å²) in [6.45, 7) is 2.22. The van der Waals surface area contributed by atoms with Crippen LogP contribution in [0.3, 0.4) is 0 Å². The van der Waals surface area contributed by atoms with E-state index in [-0.39, 0.29) is 11.6 Å². The summed E-state index contributed by atoms with van der Waals surface area (Å²) in [6, 6.07) is 10.0. The van der Waals surface area contributed by atoms with Gasteiger partial charge in [0, 0.05) is 5.56 Å². The van der Waals surface area contributed by atoms with E-state index in [2.05, 4.69) is 13.0 Å². The minimum atomic E-state index is -0.290. The Morgan fingerprint density at radius 3 is 2.52 bits per heavy atom. The fraction of sp³-hybridized carbons (Fsp3) is 0.429. The van der Waals surface area contributed by atoms with Crippen LogP contribution >= 0.6 is 0 Å². The SMILES string of the molecule is CCCCCC1CCc2c(ccc(-c3ccc(F)cc3)c2F)C1. The zero-order valence-electron chi connectivity index (χ0n) is 13.7. The fourth-order valence-electron chi connectivity index (χ4n) is 3.67. The summed E-state index contributed by atoms with van der Waals surface area (Å²) in [7, 11) is 0. The van der Waals surface area contributed by atoms with Gasteiger partial charge >= 0.3 is 0 Å². The number of fused-ring (bicyclic) bond motifs is 1. The molecule has 23 heavy (non-hydrogen) atoms. The molecule has 0 saturated carbocycles. The van der Waals surface area contributed by atoms with E-state index in [0.29, 0.717) is 11.5 Å². The molecule has 2 heteroatoms. The van der Waals surface area contributed by atoms with Crippen LogP contribution in [0.2, 0.25) is 0 Å². The molecule has 1 aliphatic rings. The average molecular weight is 314 g/mol. The minimum absolute atomic E-state index is 0.110. The van der Waals surface area contributed by atoms with Gasteiger partial charge in [-0.05, 0) is 54.0 Å². The number of halogens is 2. The number of unbranched alkanes of at least 4 members (excludes halogenated alkanes) is 2. The fourth-order valence-corrected chi connectivity index (χ4v) is 3.67. The molecule has 122 valence electrons. The predicted molar refractivity (Wildman–Crippen MR) is 91.5 cm³/mol. The van der Waals surface area contributed by atoms with Crippen molar-refractivity contribution in [2.24, 2.45) is 5.92 Å². The first kappa shape index (κ1) is 16.2. The Balaban J connectivity index is 1.80. The Bertz CT molecular complexity index is 658. The van der Waals surface area contributed by atoms with Crippen LogP contribution in [0.1, 0.15) is 50.2 Å². The van der Waals surface area contributed by atoms with Crippen LogP contribution in [-0.2, 0) is 12.8 Å². The summed E-state index contributed by atoms with van der Waals surface area (Å²) in [5.41, 5.74) is 3.38. The van der Waals surface area contributed by atoms with Crippen LogP contribution in [0.25, 0.3) is 11.1 Å². The molecule has 0 bridgehead atoms. The number of rotatable bonds is 5. The highest BCUT2D eigenvalue weighted by molar-refractivity contribution is 5.66. The van der Waals surface area contributed by atoms with E-state index >= 15 is 0 Å². The maximum Gasteiger partial charge on any atom is 0.134 e. The quantitative estimate of drug-likeness (QED) is 0.567. The van der Waals surface area contributed by atoms with E-state index in [1.54, 1.807) is 12.1 Å². The van der Waals surface area contributed by atoms with Crippen molar-refractivity contribution in [3.05, 3.63) is 59.2 Å². The van der Waals surface area contributed by atoms with Crippen LogP contribution in [0, 0.1) is 17.6 Å². The van der Waals surface area contributed by atoms with Crippen molar-refractivity contribution >= 4 is 0 Å². The smallest absolute Gasteiger partial charge is 0.134 e. The van der Waals surface area contributed by atoms with Gasteiger partial charge in [-0.15, -0.1) is 0 Å². The van der Waals surface area contributed by atoms with Crippen LogP contribution in [0.15, 0.2) is 36.4 Å². The molecular formula is C21H24F2. The molecule has 2 aromatic rings. The zero-order chi connectivity index (χ0) is 16.2. The number of benzene rings is 2. The third-order valence-corrected chi connectivity index (χ3v) is 5.02.